The number of carbonyl (C=O) groups is 1. The molecule has 2 nitrogen and oxygen atoms in total. The van der Waals surface area contributed by atoms with Gasteiger partial charge in [-0.05, 0) is 13.0 Å². The first-order valence-electron chi connectivity index (χ1n) is 2.04. The molecule has 0 rings (SSSR count). The van der Waals surface area contributed by atoms with Gasteiger partial charge in [-0.25, -0.2) is 4.79 Å². The number of carboxylic acids is 1. The molecule has 0 aliphatic carbocycles. The molecule has 0 amide bonds. The van der Waals surface area contributed by atoms with E-state index < -0.39 is 5.97 Å². The van der Waals surface area contributed by atoms with E-state index in [2.05, 4.69) is 5.92 Å². The molecule has 0 saturated heterocycles. The largest absolute Gasteiger partial charge is 0.478 e. The zero-order chi connectivity index (χ0) is 6.57. The van der Waals surface area contributed by atoms with Crippen LogP contribution in [0.2, 0.25) is 0 Å². The first kappa shape index (κ1) is 6.77. The summed E-state index contributed by atoms with van der Waals surface area (Å²) in [6.45, 7) is 1.45. The smallest absolute Gasteiger partial charge is 0.331 e. The third kappa shape index (κ3) is 2.04. The highest BCUT2D eigenvalue weighted by Gasteiger charge is 1.94. The van der Waals surface area contributed by atoms with Gasteiger partial charge in [-0.1, -0.05) is 5.92 Å². The molecule has 0 aliphatic heterocycles. The maximum atomic E-state index is 9.93. The summed E-state index contributed by atoms with van der Waals surface area (Å²) in [5, 5.41) is 8.15. The van der Waals surface area contributed by atoms with Crippen LogP contribution in [0.4, 0.5) is 0 Å². The summed E-state index contributed by atoms with van der Waals surface area (Å²) >= 11 is 0. The van der Waals surface area contributed by atoms with Crippen molar-refractivity contribution >= 4 is 5.97 Å². The van der Waals surface area contributed by atoms with Crippen molar-refractivity contribution in [1.82, 2.24) is 0 Å². The van der Waals surface area contributed by atoms with Crippen LogP contribution >= 0.6 is 0 Å². The van der Waals surface area contributed by atoms with Gasteiger partial charge in [0.05, 0.1) is 0 Å². The van der Waals surface area contributed by atoms with Gasteiger partial charge in [-0.15, -0.1) is 6.42 Å². The Labute approximate surface area is 47.8 Å². The number of aliphatic carboxylic acids is 1. The van der Waals surface area contributed by atoms with Crippen molar-refractivity contribution in [2.45, 2.75) is 6.92 Å². The fourth-order valence-electron chi connectivity index (χ4n) is 0.187. The first-order chi connectivity index (χ1) is 3.68. The normalized spacial score (nSPS) is 10.2. The molecule has 0 atom stereocenters. The van der Waals surface area contributed by atoms with E-state index in [4.69, 9.17) is 11.5 Å². The second kappa shape index (κ2) is 2.86. The van der Waals surface area contributed by atoms with Gasteiger partial charge >= 0.3 is 5.97 Å². The Bertz CT molecular complexity index is 160. The summed E-state index contributed by atoms with van der Waals surface area (Å²) < 4.78 is 0. The van der Waals surface area contributed by atoms with Gasteiger partial charge < -0.3 is 5.11 Å². The highest BCUT2D eigenvalue weighted by Crippen LogP contribution is 1.88. The topological polar surface area (TPSA) is 37.3 Å². The predicted octanol–water partition coefficient (Wildman–Crippen LogP) is 0.650. The number of terminal acetylenes is 1. The molecule has 0 saturated carbocycles. The summed E-state index contributed by atoms with van der Waals surface area (Å²) in [6.07, 6.45) is 5.99. The molecule has 0 radical (unpaired) electrons. The molecule has 1 N–H and O–H groups in total. The number of carboxylic acid groups (broad SMARTS) is 1. The number of hydrogen-bond acceptors (Lipinski definition) is 1. The Morgan fingerprint density at radius 3 is 2.50 bits per heavy atom. The quantitative estimate of drug-likeness (QED) is 0.397. The van der Waals surface area contributed by atoms with Crippen LogP contribution in [-0.4, -0.2) is 11.1 Å². The SMILES string of the molecule is C#C/C=C(\C)C(=O)O. The van der Waals surface area contributed by atoms with E-state index in [-0.39, 0.29) is 5.57 Å². The second-order valence-corrected chi connectivity index (χ2v) is 1.30. The van der Waals surface area contributed by atoms with E-state index >= 15 is 0 Å². The summed E-state index contributed by atoms with van der Waals surface area (Å²) in [5.74, 6) is 1.14. The van der Waals surface area contributed by atoms with E-state index in [1.165, 1.54) is 13.0 Å². The molecular weight excluding hydrogens is 104 g/mol. The molecule has 0 aromatic rings. The van der Waals surface area contributed by atoms with Gasteiger partial charge in [0.2, 0.25) is 0 Å². The van der Waals surface area contributed by atoms with Crippen molar-refractivity contribution in [3.63, 3.8) is 0 Å². The van der Waals surface area contributed by atoms with E-state index in [0.29, 0.717) is 0 Å². The van der Waals surface area contributed by atoms with Crippen LogP contribution in [0.15, 0.2) is 11.6 Å². The molecular formula is C6H6O2. The van der Waals surface area contributed by atoms with E-state index in [0.717, 1.165) is 0 Å². The first-order valence-corrected chi connectivity index (χ1v) is 2.04. The zero-order valence-corrected chi connectivity index (χ0v) is 4.51. The summed E-state index contributed by atoms with van der Waals surface area (Å²) in [5.41, 5.74) is 0.188. The van der Waals surface area contributed by atoms with Crippen molar-refractivity contribution in [2.24, 2.45) is 0 Å². The molecule has 0 aliphatic rings. The molecule has 8 heavy (non-hydrogen) atoms. The average Bonchev–Trinajstić information content (AvgIpc) is 1.67. The molecule has 0 bridgehead atoms. The number of hydrogen-bond donors (Lipinski definition) is 1. The minimum absolute atomic E-state index is 0.188. The maximum Gasteiger partial charge on any atom is 0.331 e. The van der Waals surface area contributed by atoms with Crippen LogP contribution in [-0.2, 0) is 4.79 Å². The fraction of sp³-hybridized carbons (Fsp3) is 0.167. The highest BCUT2D eigenvalue weighted by molar-refractivity contribution is 5.86. The van der Waals surface area contributed by atoms with Crippen LogP contribution < -0.4 is 0 Å². The van der Waals surface area contributed by atoms with E-state index in [1.807, 2.05) is 0 Å². The molecule has 2 heteroatoms. The van der Waals surface area contributed by atoms with Crippen molar-refractivity contribution in [1.29, 1.82) is 0 Å². The predicted molar refractivity (Wildman–Crippen MR) is 30.2 cm³/mol. The fourth-order valence-corrected chi connectivity index (χ4v) is 0.187. The van der Waals surface area contributed by atoms with Crippen LogP contribution in [0.25, 0.3) is 0 Å². The van der Waals surface area contributed by atoms with Crippen LogP contribution in [0, 0.1) is 12.3 Å². The van der Waals surface area contributed by atoms with Crippen molar-refractivity contribution in [3.05, 3.63) is 11.6 Å². The van der Waals surface area contributed by atoms with Crippen LogP contribution in [0.5, 0.6) is 0 Å². The molecule has 42 valence electrons. The maximum absolute atomic E-state index is 9.93. The number of allylic oxidation sites excluding steroid dienone is 1. The Hall–Kier alpha value is -1.23. The van der Waals surface area contributed by atoms with Crippen molar-refractivity contribution in [3.8, 4) is 12.3 Å². The molecule has 0 aromatic heterocycles. The third-order valence-corrected chi connectivity index (χ3v) is 0.637. The highest BCUT2D eigenvalue weighted by atomic mass is 16.4. The Kier molecular flexibility index (Phi) is 2.42. The second-order valence-electron chi connectivity index (χ2n) is 1.30. The zero-order valence-electron chi connectivity index (χ0n) is 4.51. The molecule has 0 aromatic carbocycles. The molecule has 0 spiro atoms. The number of rotatable bonds is 1. The van der Waals surface area contributed by atoms with E-state index in [1.54, 1.807) is 0 Å². The van der Waals surface area contributed by atoms with Crippen LogP contribution in [0.1, 0.15) is 6.92 Å². The van der Waals surface area contributed by atoms with Gasteiger partial charge in [0.1, 0.15) is 0 Å². The van der Waals surface area contributed by atoms with E-state index in [9.17, 15) is 4.79 Å². The van der Waals surface area contributed by atoms with Gasteiger partial charge in [0.15, 0.2) is 0 Å². The van der Waals surface area contributed by atoms with Gasteiger partial charge in [0, 0.05) is 5.57 Å². The van der Waals surface area contributed by atoms with Gasteiger partial charge in [-0.2, -0.15) is 0 Å². The minimum Gasteiger partial charge on any atom is -0.478 e. The minimum atomic E-state index is -0.969. The standard InChI is InChI=1S/C6H6O2/c1-3-4-5(2)6(7)8/h1,4H,2H3,(H,7,8)/b5-4+. The van der Waals surface area contributed by atoms with Crippen molar-refractivity contribution < 1.29 is 9.90 Å². The summed E-state index contributed by atoms with van der Waals surface area (Å²) in [4.78, 5) is 9.93. The molecule has 0 unspecified atom stereocenters. The third-order valence-electron chi connectivity index (χ3n) is 0.637. The summed E-state index contributed by atoms with van der Waals surface area (Å²) in [7, 11) is 0. The Morgan fingerprint density at radius 1 is 1.88 bits per heavy atom. The lowest BCUT2D eigenvalue weighted by molar-refractivity contribution is -0.132. The monoisotopic (exact) mass is 110 g/mol. The van der Waals surface area contributed by atoms with Crippen molar-refractivity contribution in [2.75, 3.05) is 0 Å². The lowest BCUT2D eigenvalue weighted by Gasteiger charge is -1.83. The van der Waals surface area contributed by atoms with Gasteiger partial charge in [-0.3, -0.25) is 0 Å². The lowest BCUT2D eigenvalue weighted by Crippen LogP contribution is -1.94. The Balaban J connectivity index is 4.06. The molecule has 0 fully saturated rings. The van der Waals surface area contributed by atoms with Gasteiger partial charge in [0.25, 0.3) is 0 Å². The average molecular weight is 110 g/mol. The summed E-state index contributed by atoms with van der Waals surface area (Å²) in [6, 6.07) is 0. The Morgan fingerprint density at radius 2 is 2.38 bits per heavy atom. The van der Waals surface area contributed by atoms with Crippen LogP contribution in [0.3, 0.4) is 0 Å². The lowest BCUT2D eigenvalue weighted by atomic mass is 10.3. The molecule has 0 heterocycles.